The number of aliphatic hydroxyl groups is 1. The highest BCUT2D eigenvalue weighted by Crippen LogP contribution is 2.35. The van der Waals surface area contributed by atoms with Gasteiger partial charge in [0.2, 0.25) is 11.8 Å². The topological polar surface area (TPSA) is 93.5 Å². The van der Waals surface area contributed by atoms with Crippen LogP contribution in [0, 0.1) is 5.92 Å². The van der Waals surface area contributed by atoms with E-state index in [1.165, 1.54) is 0 Å². The van der Waals surface area contributed by atoms with Crippen LogP contribution in [0.2, 0.25) is 0 Å². The van der Waals surface area contributed by atoms with Crippen molar-refractivity contribution in [2.24, 2.45) is 5.92 Å². The number of hydrogen-bond donors (Lipinski definition) is 2. The number of carbonyl (C=O) groups excluding carboxylic acids is 1. The summed E-state index contributed by atoms with van der Waals surface area (Å²) in [5.74, 6) is 0.538. The minimum absolute atomic E-state index is 0.0670. The summed E-state index contributed by atoms with van der Waals surface area (Å²) >= 11 is 3.42. The fourth-order valence-electron chi connectivity index (χ4n) is 3.53. The van der Waals surface area contributed by atoms with Crippen LogP contribution in [0.15, 0.2) is 27.5 Å². The van der Waals surface area contributed by atoms with Crippen LogP contribution in [0.5, 0.6) is 5.88 Å². The fourth-order valence-corrected chi connectivity index (χ4v) is 3.89. The predicted molar refractivity (Wildman–Crippen MR) is 104 cm³/mol. The maximum atomic E-state index is 12.8. The molecule has 1 amide bonds. The molecule has 2 aromatic rings. The van der Waals surface area contributed by atoms with E-state index in [0.717, 1.165) is 15.6 Å². The van der Waals surface area contributed by atoms with E-state index >= 15 is 0 Å². The summed E-state index contributed by atoms with van der Waals surface area (Å²) in [5.41, 5.74) is -1.05. The van der Waals surface area contributed by atoms with E-state index in [1.807, 2.05) is 6.07 Å². The van der Waals surface area contributed by atoms with E-state index in [1.54, 1.807) is 19.1 Å². The highest BCUT2D eigenvalue weighted by molar-refractivity contribution is 9.10. The normalized spacial score (nSPS) is 29.3. The Bertz CT molecular complexity index is 963. The number of halogens is 1. The first-order chi connectivity index (χ1) is 12.7. The van der Waals surface area contributed by atoms with Crippen LogP contribution in [0.25, 0.3) is 10.8 Å². The summed E-state index contributed by atoms with van der Waals surface area (Å²) in [6.45, 7) is 3.66. The summed E-state index contributed by atoms with van der Waals surface area (Å²) in [6, 6.07) is 5.24. The highest BCUT2D eigenvalue weighted by Gasteiger charge is 2.39. The van der Waals surface area contributed by atoms with Crippen molar-refractivity contribution in [2.45, 2.75) is 57.4 Å². The molecule has 8 heteroatoms. The molecule has 27 heavy (non-hydrogen) atoms. The van der Waals surface area contributed by atoms with Gasteiger partial charge in [-0.05, 0) is 50.3 Å². The lowest BCUT2D eigenvalue weighted by molar-refractivity contribution is -0.125. The number of hydrogen-bond acceptors (Lipinski definition) is 5. The second-order valence-electron chi connectivity index (χ2n) is 8.00. The first-order valence-corrected chi connectivity index (χ1v) is 9.90. The molecule has 2 N–H and O–H groups in total. The van der Waals surface area contributed by atoms with Crippen molar-refractivity contribution in [3.63, 3.8) is 0 Å². The molecule has 7 nitrogen and oxygen atoms in total. The first-order valence-electron chi connectivity index (χ1n) is 9.11. The Labute approximate surface area is 164 Å². The lowest BCUT2D eigenvalue weighted by Crippen LogP contribution is -2.54. The van der Waals surface area contributed by atoms with Crippen LogP contribution in [0.4, 0.5) is 0 Å². The molecule has 0 bridgehead atoms. The number of carbonyl (C=O) groups is 1. The highest BCUT2D eigenvalue weighted by atomic mass is 79.9. The molecule has 2 aliphatic rings. The van der Waals surface area contributed by atoms with Gasteiger partial charge in [0.1, 0.15) is 12.6 Å². The summed E-state index contributed by atoms with van der Waals surface area (Å²) in [6.07, 6.45) is 2.08. The molecule has 0 radical (unpaired) electrons. The monoisotopic (exact) mass is 435 g/mol. The average molecular weight is 436 g/mol. The minimum Gasteiger partial charge on any atom is -0.473 e. The standard InChI is InChI=1S/C19H22BrN3O4/c1-10-5-15(10)27-17-14-6-11(20)3-4-13(14)18(25)23(22-17)9-16(24)21-12-7-19(2,26)8-12/h3-4,6,10,12,15,26H,5,7-9H2,1-2H3,(H,21,24). The van der Waals surface area contributed by atoms with Gasteiger partial charge in [0.25, 0.3) is 5.56 Å². The molecule has 0 saturated heterocycles. The number of ether oxygens (including phenoxy) is 1. The number of fused-ring (bicyclic) bond motifs is 1. The molecule has 2 fully saturated rings. The van der Waals surface area contributed by atoms with Gasteiger partial charge in [0.05, 0.1) is 16.4 Å². The largest absolute Gasteiger partial charge is 0.473 e. The Morgan fingerprint density at radius 1 is 1.44 bits per heavy atom. The molecule has 0 spiro atoms. The lowest BCUT2D eigenvalue weighted by atomic mass is 9.77. The quantitative estimate of drug-likeness (QED) is 0.748. The maximum absolute atomic E-state index is 12.8. The number of rotatable bonds is 5. The molecular weight excluding hydrogens is 414 g/mol. The van der Waals surface area contributed by atoms with Crippen molar-refractivity contribution in [2.75, 3.05) is 0 Å². The molecule has 1 heterocycles. The van der Waals surface area contributed by atoms with Crippen molar-refractivity contribution >= 4 is 32.6 Å². The van der Waals surface area contributed by atoms with Gasteiger partial charge in [-0.25, -0.2) is 4.68 Å². The van der Waals surface area contributed by atoms with Gasteiger partial charge < -0.3 is 15.2 Å². The third-order valence-electron chi connectivity index (χ3n) is 5.22. The Balaban J connectivity index is 1.60. The molecule has 1 aromatic carbocycles. The smallest absolute Gasteiger partial charge is 0.275 e. The van der Waals surface area contributed by atoms with Gasteiger partial charge in [-0.3, -0.25) is 9.59 Å². The van der Waals surface area contributed by atoms with Crippen molar-refractivity contribution < 1.29 is 14.6 Å². The third-order valence-corrected chi connectivity index (χ3v) is 5.71. The van der Waals surface area contributed by atoms with Crippen molar-refractivity contribution in [3.8, 4) is 5.88 Å². The zero-order valence-corrected chi connectivity index (χ0v) is 16.8. The third kappa shape index (κ3) is 3.87. The van der Waals surface area contributed by atoms with Gasteiger partial charge in [-0.15, -0.1) is 5.10 Å². The number of amides is 1. The Morgan fingerprint density at radius 2 is 2.15 bits per heavy atom. The van der Waals surface area contributed by atoms with Gasteiger partial charge in [-0.2, -0.15) is 0 Å². The van der Waals surface area contributed by atoms with Crippen LogP contribution >= 0.6 is 15.9 Å². The van der Waals surface area contributed by atoms with Crippen molar-refractivity contribution in [1.29, 1.82) is 0 Å². The van der Waals surface area contributed by atoms with Crippen LogP contribution in [0.3, 0.4) is 0 Å². The molecule has 2 unspecified atom stereocenters. The molecule has 2 atom stereocenters. The molecule has 1 aromatic heterocycles. The van der Waals surface area contributed by atoms with E-state index in [9.17, 15) is 14.7 Å². The van der Waals surface area contributed by atoms with Gasteiger partial charge in [0, 0.05) is 10.5 Å². The first kappa shape index (κ1) is 18.4. The van der Waals surface area contributed by atoms with Gasteiger partial charge >= 0.3 is 0 Å². The predicted octanol–water partition coefficient (Wildman–Crippen LogP) is 1.98. The summed E-state index contributed by atoms with van der Waals surface area (Å²) in [4.78, 5) is 25.1. The van der Waals surface area contributed by atoms with E-state index in [-0.39, 0.29) is 30.2 Å². The minimum atomic E-state index is -0.717. The van der Waals surface area contributed by atoms with Crippen LogP contribution in [-0.2, 0) is 11.3 Å². The second-order valence-corrected chi connectivity index (χ2v) is 8.91. The van der Waals surface area contributed by atoms with E-state index in [0.29, 0.717) is 35.4 Å². The van der Waals surface area contributed by atoms with E-state index in [2.05, 4.69) is 33.3 Å². The second kappa shape index (κ2) is 6.60. The van der Waals surface area contributed by atoms with E-state index in [4.69, 9.17) is 4.74 Å². The molecular formula is C19H22BrN3O4. The maximum Gasteiger partial charge on any atom is 0.275 e. The Morgan fingerprint density at radius 3 is 2.78 bits per heavy atom. The molecule has 144 valence electrons. The van der Waals surface area contributed by atoms with Crippen LogP contribution in [0.1, 0.15) is 33.1 Å². The van der Waals surface area contributed by atoms with E-state index < -0.39 is 5.60 Å². The average Bonchev–Trinajstić information content (AvgIpc) is 3.25. The lowest BCUT2D eigenvalue weighted by Gasteiger charge is -2.41. The summed E-state index contributed by atoms with van der Waals surface area (Å²) in [5, 5.41) is 18.1. The van der Waals surface area contributed by atoms with Crippen molar-refractivity contribution in [1.82, 2.24) is 15.1 Å². The zero-order chi connectivity index (χ0) is 19.3. The Hall–Kier alpha value is -1.93. The van der Waals surface area contributed by atoms with Gasteiger partial charge in [0.15, 0.2) is 0 Å². The number of nitrogens with one attached hydrogen (secondary N) is 1. The van der Waals surface area contributed by atoms with Crippen LogP contribution < -0.4 is 15.6 Å². The SMILES string of the molecule is CC1CC1Oc1nn(CC(=O)NC2CC(C)(O)C2)c(=O)c2ccc(Br)cc12. The number of nitrogens with zero attached hydrogens (tertiary/aromatic N) is 2. The van der Waals surface area contributed by atoms with Crippen LogP contribution in [-0.4, -0.2) is 38.5 Å². The zero-order valence-electron chi connectivity index (χ0n) is 15.2. The van der Waals surface area contributed by atoms with Gasteiger partial charge in [-0.1, -0.05) is 22.9 Å². The number of aromatic nitrogens is 2. The molecule has 4 rings (SSSR count). The van der Waals surface area contributed by atoms with Crippen molar-refractivity contribution in [3.05, 3.63) is 33.0 Å². The molecule has 0 aliphatic heterocycles. The summed E-state index contributed by atoms with van der Waals surface area (Å²) in [7, 11) is 0. The molecule has 2 aliphatic carbocycles. The summed E-state index contributed by atoms with van der Waals surface area (Å²) < 4.78 is 7.96. The fraction of sp³-hybridized carbons (Fsp3) is 0.526. The molecule has 2 saturated carbocycles. The number of benzene rings is 1. The Kier molecular flexibility index (Phi) is 4.50.